The zero-order chi connectivity index (χ0) is 14.2. The van der Waals surface area contributed by atoms with Crippen molar-refractivity contribution in [1.29, 1.82) is 0 Å². The van der Waals surface area contributed by atoms with Gasteiger partial charge in [-0.2, -0.15) is 0 Å². The minimum absolute atomic E-state index is 0.0850. The molecule has 1 unspecified atom stereocenters. The first-order chi connectivity index (χ1) is 9.75. The maximum absolute atomic E-state index is 13.3. The Morgan fingerprint density at radius 2 is 2.10 bits per heavy atom. The average molecular weight is 283 g/mol. The molecule has 4 nitrogen and oxygen atoms in total. The van der Waals surface area contributed by atoms with Crippen molar-refractivity contribution in [2.24, 2.45) is 5.92 Å². The lowest BCUT2D eigenvalue weighted by Gasteiger charge is -2.23. The van der Waals surface area contributed by atoms with Crippen molar-refractivity contribution < 1.29 is 19.0 Å². The predicted molar refractivity (Wildman–Crippen MR) is 74.3 cm³/mol. The number of hydrogen-bond acceptors (Lipinski definition) is 4. The highest BCUT2D eigenvalue weighted by molar-refractivity contribution is 5.23. The van der Waals surface area contributed by atoms with E-state index < -0.39 is 11.9 Å². The maximum Gasteiger partial charge on any atom is 0.165 e. The van der Waals surface area contributed by atoms with Crippen LogP contribution >= 0.6 is 0 Å². The van der Waals surface area contributed by atoms with Crippen molar-refractivity contribution in [3.05, 3.63) is 30.1 Å². The Labute approximate surface area is 118 Å². The van der Waals surface area contributed by atoms with Gasteiger partial charge in [0.2, 0.25) is 0 Å². The Bertz CT molecular complexity index is 396. The van der Waals surface area contributed by atoms with Gasteiger partial charge in [-0.1, -0.05) is 12.1 Å². The molecular formula is C15H22FNO3. The molecule has 1 aliphatic rings. The fourth-order valence-corrected chi connectivity index (χ4v) is 2.21. The van der Waals surface area contributed by atoms with E-state index in [-0.39, 0.29) is 12.4 Å². The van der Waals surface area contributed by atoms with E-state index in [2.05, 4.69) is 5.32 Å². The van der Waals surface area contributed by atoms with Gasteiger partial charge >= 0.3 is 0 Å². The van der Waals surface area contributed by atoms with E-state index in [0.29, 0.717) is 12.5 Å². The smallest absolute Gasteiger partial charge is 0.165 e. The molecule has 2 rings (SSSR count). The number of halogens is 1. The van der Waals surface area contributed by atoms with Crippen LogP contribution in [0.25, 0.3) is 0 Å². The molecule has 1 fully saturated rings. The van der Waals surface area contributed by atoms with E-state index in [9.17, 15) is 9.50 Å². The molecule has 0 amide bonds. The minimum atomic E-state index is -0.644. The molecule has 0 radical (unpaired) electrons. The van der Waals surface area contributed by atoms with Crippen LogP contribution in [-0.2, 0) is 4.74 Å². The average Bonchev–Trinajstić information content (AvgIpc) is 2.47. The van der Waals surface area contributed by atoms with Crippen LogP contribution in [0.5, 0.6) is 5.75 Å². The van der Waals surface area contributed by atoms with Gasteiger partial charge in [-0.25, -0.2) is 4.39 Å². The number of rotatable bonds is 7. The lowest BCUT2D eigenvalue weighted by atomic mass is 10.0. The molecule has 1 aromatic rings. The second-order valence-electron chi connectivity index (χ2n) is 5.11. The number of aliphatic hydroxyl groups is 1. The Hall–Kier alpha value is -1.17. The Morgan fingerprint density at radius 1 is 1.35 bits per heavy atom. The maximum atomic E-state index is 13.3. The minimum Gasteiger partial charge on any atom is -0.488 e. The van der Waals surface area contributed by atoms with Gasteiger partial charge in [-0.15, -0.1) is 0 Å². The van der Waals surface area contributed by atoms with Gasteiger partial charge < -0.3 is 19.9 Å². The van der Waals surface area contributed by atoms with Crippen molar-refractivity contribution in [2.75, 3.05) is 32.9 Å². The molecule has 1 aliphatic heterocycles. The molecule has 112 valence electrons. The Morgan fingerprint density at radius 3 is 2.85 bits per heavy atom. The van der Waals surface area contributed by atoms with Gasteiger partial charge in [-0.05, 0) is 37.4 Å². The first-order valence-electron chi connectivity index (χ1n) is 7.09. The van der Waals surface area contributed by atoms with Gasteiger partial charge in [0, 0.05) is 19.8 Å². The number of hydrogen-bond donors (Lipinski definition) is 2. The number of nitrogens with one attached hydrogen (secondary N) is 1. The van der Waals surface area contributed by atoms with Gasteiger partial charge in [0.25, 0.3) is 0 Å². The fourth-order valence-electron chi connectivity index (χ4n) is 2.21. The summed E-state index contributed by atoms with van der Waals surface area (Å²) in [5.74, 6) is 0.384. The molecule has 0 spiro atoms. The molecule has 1 saturated heterocycles. The van der Waals surface area contributed by atoms with Gasteiger partial charge in [0.05, 0.1) is 0 Å². The highest BCUT2D eigenvalue weighted by Crippen LogP contribution is 2.15. The van der Waals surface area contributed by atoms with Crippen LogP contribution in [0.1, 0.15) is 12.8 Å². The van der Waals surface area contributed by atoms with Crippen LogP contribution in [0.2, 0.25) is 0 Å². The summed E-state index contributed by atoms with van der Waals surface area (Å²) < 4.78 is 23.9. The van der Waals surface area contributed by atoms with Crippen molar-refractivity contribution in [3.63, 3.8) is 0 Å². The Balaban J connectivity index is 1.60. The van der Waals surface area contributed by atoms with E-state index in [1.54, 1.807) is 18.2 Å². The molecule has 5 heteroatoms. The van der Waals surface area contributed by atoms with Crippen molar-refractivity contribution in [3.8, 4) is 5.75 Å². The highest BCUT2D eigenvalue weighted by Gasteiger charge is 2.14. The van der Waals surface area contributed by atoms with Crippen LogP contribution < -0.4 is 10.1 Å². The summed E-state index contributed by atoms with van der Waals surface area (Å²) in [5, 5.41) is 13.0. The lowest BCUT2D eigenvalue weighted by molar-refractivity contribution is 0.0629. The van der Waals surface area contributed by atoms with Crippen LogP contribution in [0.15, 0.2) is 24.3 Å². The molecule has 0 aromatic heterocycles. The second-order valence-corrected chi connectivity index (χ2v) is 5.11. The molecule has 2 N–H and O–H groups in total. The van der Waals surface area contributed by atoms with Crippen molar-refractivity contribution in [2.45, 2.75) is 18.9 Å². The summed E-state index contributed by atoms with van der Waals surface area (Å²) in [5.41, 5.74) is 0. The highest BCUT2D eigenvalue weighted by atomic mass is 19.1. The molecule has 1 heterocycles. The monoisotopic (exact) mass is 283 g/mol. The number of para-hydroxylation sites is 1. The standard InChI is InChI=1S/C15H22FNO3/c16-14-3-1-2-4-15(14)20-11-13(18)10-17-9-12-5-7-19-8-6-12/h1-4,12-13,17-18H,5-11H2. The summed E-state index contributed by atoms with van der Waals surface area (Å²) in [6.45, 7) is 3.06. The van der Waals surface area contributed by atoms with Gasteiger partial charge in [0.1, 0.15) is 12.7 Å². The van der Waals surface area contributed by atoms with E-state index in [1.165, 1.54) is 6.07 Å². The lowest BCUT2D eigenvalue weighted by Crippen LogP contribution is -2.35. The SMILES string of the molecule is OC(CNCC1CCOCC1)COc1ccccc1F. The molecule has 1 atom stereocenters. The normalized spacial score (nSPS) is 17.9. The summed E-state index contributed by atoms with van der Waals surface area (Å²) >= 11 is 0. The quantitative estimate of drug-likeness (QED) is 0.798. The number of ether oxygens (including phenoxy) is 2. The van der Waals surface area contributed by atoms with Crippen LogP contribution in [0.3, 0.4) is 0 Å². The molecule has 0 bridgehead atoms. The van der Waals surface area contributed by atoms with Crippen LogP contribution in [-0.4, -0.2) is 44.1 Å². The zero-order valence-corrected chi connectivity index (χ0v) is 11.6. The molecule has 1 aromatic carbocycles. The third-order valence-corrected chi connectivity index (χ3v) is 3.42. The van der Waals surface area contributed by atoms with Crippen LogP contribution in [0, 0.1) is 11.7 Å². The molecule has 20 heavy (non-hydrogen) atoms. The summed E-state index contributed by atoms with van der Waals surface area (Å²) in [7, 11) is 0. The fraction of sp³-hybridized carbons (Fsp3) is 0.600. The molecule has 0 aliphatic carbocycles. The van der Waals surface area contributed by atoms with Gasteiger partial charge in [0.15, 0.2) is 11.6 Å². The van der Waals surface area contributed by atoms with Gasteiger partial charge in [-0.3, -0.25) is 0 Å². The largest absolute Gasteiger partial charge is 0.488 e. The van der Waals surface area contributed by atoms with E-state index >= 15 is 0 Å². The summed E-state index contributed by atoms with van der Waals surface area (Å²) in [6.07, 6.45) is 1.48. The van der Waals surface area contributed by atoms with Crippen molar-refractivity contribution in [1.82, 2.24) is 5.32 Å². The third kappa shape index (κ3) is 5.07. The third-order valence-electron chi connectivity index (χ3n) is 3.42. The number of benzene rings is 1. The summed E-state index contributed by atoms with van der Waals surface area (Å²) in [4.78, 5) is 0. The molecular weight excluding hydrogens is 261 g/mol. The Kier molecular flexibility index (Phi) is 6.24. The van der Waals surface area contributed by atoms with E-state index in [4.69, 9.17) is 9.47 Å². The number of aliphatic hydroxyl groups excluding tert-OH is 1. The summed E-state index contributed by atoms with van der Waals surface area (Å²) in [6, 6.07) is 6.20. The second kappa shape index (κ2) is 8.19. The topological polar surface area (TPSA) is 50.7 Å². The van der Waals surface area contributed by atoms with Crippen molar-refractivity contribution >= 4 is 0 Å². The van der Waals surface area contributed by atoms with E-state index in [0.717, 1.165) is 32.6 Å². The van der Waals surface area contributed by atoms with E-state index in [1.807, 2.05) is 0 Å². The zero-order valence-electron chi connectivity index (χ0n) is 11.6. The predicted octanol–water partition coefficient (Wildman–Crippen LogP) is 1.58. The molecule has 0 saturated carbocycles. The first-order valence-corrected chi connectivity index (χ1v) is 7.09. The first kappa shape index (κ1) is 15.2. The van der Waals surface area contributed by atoms with Crippen LogP contribution in [0.4, 0.5) is 4.39 Å².